The third-order valence-corrected chi connectivity index (χ3v) is 5.12. The molecule has 0 radical (unpaired) electrons. The topological polar surface area (TPSA) is 119 Å². The third-order valence-electron chi connectivity index (χ3n) is 3.76. The average Bonchev–Trinajstić information content (AvgIpc) is 2.71. The largest absolute Gasteiger partial charge is 0.506 e. The van der Waals surface area contributed by atoms with Crippen molar-refractivity contribution in [2.45, 2.75) is 6.54 Å². The molecule has 3 N–H and O–H groups in total. The Morgan fingerprint density at radius 3 is 2.43 bits per heavy atom. The summed E-state index contributed by atoms with van der Waals surface area (Å²) in [5.41, 5.74) is 1.03. The van der Waals surface area contributed by atoms with E-state index in [1.165, 1.54) is 18.2 Å². The molecule has 30 heavy (non-hydrogen) atoms. The second kappa shape index (κ2) is 9.30. The van der Waals surface area contributed by atoms with Crippen molar-refractivity contribution in [3.8, 4) is 11.5 Å². The van der Waals surface area contributed by atoms with E-state index >= 15 is 0 Å². The normalized spacial score (nSPS) is 11.1. The molecule has 2 aromatic carbocycles. The Hall–Kier alpha value is -2.86. The Morgan fingerprint density at radius 2 is 1.77 bits per heavy atom. The zero-order chi connectivity index (χ0) is 21.8. The summed E-state index contributed by atoms with van der Waals surface area (Å²) in [6, 6.07) is 7.28. The minimum Gasteiger partial charge on any atom is -0.506 e. The predicted molar refractivity (Wildman–Crippen MR) is 117 cm³/mol. The number of anilines is 3. The van der Waals surface area contributed by atoms with E-state index in [9.17, 15) is 14.6 Å². The van der Waals surface area contributed by atoms with E-state index in [2.05, 4.69) is 62.4 Å². The number of phenols is 2. The van der Waals surface area contributed by atoms with E-state index < -0.39 is 0 Å². The van der Waals surface area contributed by atoms with E-state index in [0.717, 1.165) is 0 Å². The summed E-state index contributed by atoms with van der Waals surface area (Å²) < 4.78 is 13.7. The zero-order valence-electron chi connectivity index (χ0n) is 15.8. The Kier molecular flexibility index (Phi) is 6.77. The van der Waals surface area contributed by atoms with Crippen LogP contribution in [0.2, 0.25) is 0 Å². The molecule has 0 unspecified atom stereocenters. The van der Waals surface area contributed by atoms with Crippen LogP contribution >= 0.6 is 31.9 Å². The molecule has 0 spiro atoms. The van der Waals surface area contributed by atoms with Crippen LogP contribution in [0.15, 0.2) is 49.5 Å². The van der Waals surface area contributed by atoms with Crippen LogP contribution in [0, 0.1) is 5.82 Å². The molecule has 0 bridgehead atoms. The lowest BCUT2D eigenvalue weighted by Crippen LogP contribution is -2.14. The van der Waals surface area contributed by atoms with Gasteiger partial charge in [0.15, 0.2) is 0 Å². The lowest BCUT2D eigenvalue weighted by molar-refractivity contribution is 0.437. The Morgan fingerprint density at radius 1 is 1.07 bits per heavy atom. The van der Waals surface area contributed by atoms with E-state index in [1.54, 1.807) is 31.1 Å². The molecule has 0 aliphatic heterocycles. The number of hydrogen-bond donors (Lipinski definition) is 3. The summed E-state index contributed by atoms with van der Waals surface area (Å²) in [6.45, 7) is 0.0209. The van der Waals surface area contributed by atoms with Crippen LogP contribution in [0.4, 0.5) is 27.9 Å². The van der Waals surface area contributed by atoms with Crippen LogP contribution in [0.25, 0.3) is 0 Å². The van der Waals surface area contributed by atoms with Crippen LogP contribution < -0.4 is 10.2 Å². The van der Waals surface area contributed by atoms with Gasteiger partial charge in [-0.3, -0.25) is 0 Å². The van der Waals surface area contributed by atoms with Gasteiger partial charge < -0.3 is 20.4 Å². The highest BCUT2D eigenvalue weighted by Crippen LogP contribution is 2.41. The molecule has 0 aliphatic carbocycles. The van der Waals surface area contributed by atoms with Crippen molar-refractivity contribution < 1.29 is 14.6 Å². The molecular weight excluding hydrogens is 525 g/mol. The first kappa shape index (κ1) is 21.8. The van der Waals surface area contributed by atoms with Gasteiger partial charge in [0, 0.05) is 25.3 Å². The fourth-order valence-corrected chi connectivity index (χ4v) is 3.47. The molecule has 0 fully saturated rings. The van der Waals surface area contributed by atoms with Gasteiger partial charge in [-0.05, 0) is 62.2 Å². The molecule has 1 aromatic heterocycles. The maximum atomic E-state index is 13.1. The number of benzene rings is 2. The van der Waals surface area contributed by atoms with Gasteiger partial charge in [-0.2, -0.15) is 20.1 Å². The predicted octanol–water partition coefficient (Wildman–Crippen LogP) is 5.04. The highest BCUT2D eigenvalue weighted by atomic mass is 79.9. The van der Waals surface area contributed by atoms with E-state index in [4.69, 9.17) is 0 Å². The van der Waals surface area contributed by atoms with E-state index in [1.807, 2.05) is 0 Å². The molecule has 0 atom stereocenters. The van der Waals surface area contributed by atoms with Gasteiger partial charge in [-0.15, -0.1) is 5.11 Å². The fourth-order valence-electron chi connectivity index (χ4n) is 2.26. The summed E-state index contributed by atoms with van der Waals surface area (Å²) in [7, 11) is 3.53. The monoisotopic (exact) mass is 539 g/mol. The quantitative estimate of drug-likeness (QED) is 0.375. The van der Waals surface area contributed by atoms with Crippen molar-refractivity contribution in [2.24, 2.45) is 10.2 Å². The molecule has 1 heterocycles. The second-order valence-corrected chi connectivity index (χ2v) is 7.86. The molecular formula is C18H16Br2FN7O2. The van der Waals surface area contributed by atoms with Crippen molar-refractivity contribution in [1.82, 2.24) is 15.0 Å². The van der Waals surface area contributed by atoms with Gasteiger partial charge in [-0.1, -0.05) is 0 Å². The number of azo groups is 1. The van der Waals surface area contributed by atoms with Crippen LogP contribution in [-0.2, 0) is 6.54 Å². The first-order valence-corrected chi connectivity index (χ1v) is 10.1. The van der Waals surface area contributed by atoms with Crippen molar-refractivity contribution in [2.75, 3.05) is 24.3 Å². The molecule has 3 rings (SSSR count). The van der Waals surface area contributed by atoms with Gasteiger partial charge in [0.05, 0.1) is 11.0 Å². The minimum absolute atomic E-state index is 0.0209. The standard InChI is InChI=1S/C18H16Br2FN7O2/c1-28(2)18-25-16(23-11-5-3-10(21)4-6-11)24-17(26-18)27-22-8-9-7-12(19)15(30)13(20)14(9)29/h3-7,29-30H,8H2,1-2H3,(H,23,24,25,26). The highest BCUT2D eigenvalue weighted by molar-refractivity contribution is 9.11. The van der Waals surface area contributed by atoms with Crippen molar-refractivity contribution in [1.29, 1.82) is 0 Å². The summed E-state index contributed by atoms with van der Waals surface area (Å²) in [5.74, 6) is 0.00891. The smallest absolute Gasteiger partial charge is 0.275 e. The number of phenolic OH excluding ortho intramolecular Hbond substituents is 2. The van der Waals surface area contributed by atoms with E-state index in [-0.39, 0.29) is 40.2 Å². The van der Waals surface area contributed by atoms with Crippen LogP contribution in [-0.4, -0.2) is 39.3 Å². The molecule has 0 aliphatic rings. The molecule has 0 amide bonds. The lowest BCUT2D eigenvalue weighted by atomic mass is 10.2. The van der Waals surface area contributed by atoms with E-state index in [0.29, 0.717) is 21.7 Å². The molecule has 9 nitrogen and oxygen atoms in total. The number of aromatic nitrogens is 3. The number of aromatic hydroxyl groups is 2. The summed E-state index contributed by atoms with van der Waals surface area (Å²) in [5, 5.41) is 30.9. The van der Waals surface area contributed by atoms with Crippen LogP contribution in [0.5, 0.6) is 11.5 Å². The Balaban J connectivity index is 1.84. The van der Waals surface area contributed by atoms with Gasteiger partial charge >= 0.3 is 0 Å². The van der Waals surface area contributed by atoms with Gasteiger partial charge in [0.25, 0.3) is 5.95 Å². The molecule has 156 valence electrons. The van der Waals surface area contributed by atoms with Crippen molar-refractivity contribution in [3.63, 3.8) is 0 Å². The molecule has 3 aromatic rings. The average molecular weight is 541 g/mol. The Bertz CT molecular complexity index is 1090. The van der Waals surface area contributed by atoms with Crippen molar-refractivity contribution in [3.05, 3.63) is 50.7 Å². The number of nitrogens with zero attached hydrogens (tertiary/aromatic N) is 6. The third kappa shape index (κ3) is 5.19. The first-order valence-electron chi connectivity index (χ1n) is 8.47. The fraction of sp³-hybridized carbons (Fsp3) is 0.167. The molecule has 12 heteroatoms. The lowest BCUT2D eigenvalue weighted by Gasteiger charge is -2.12. The second-order valence-electron chi connectivity index (χ2n) is 6.21. The summed E-state index contributed by atoms with van der Waals surface area (Å²) in [4.78, 5) is 14.4. The number of halogens is 3. The maximum Gasteiger partial charge on any atom is 0.275 e. The summed E-state index contributed by atoms with van der Waals surface area (Å²) in [6.07, 6.45) is 0. The highest BCUT2D eigenvalue weighted by Gasteiger charge is 2.14. The zero-order valence-corrected chi connectivity index (χ0v) is 19.0. The number of nitrogens with one attached hydrogen (secondary N) is 1. The molecule has 0 saturated heterocycles. The minimum atomic E-state index is -0.351. The Labute approximate surface area is 188 Å². The first-order chi connectivity index (χ1) is 14.2. The van der Waals surface area contributed by atoms with Gasteiger partial charge in [0.1, 0.15) is 21.8 Å². The van der Waals surface area contributed by atoms with Crippen LogP contribution in [0.1, 0.15) is 5.56 Å². The van der Waals surface area contributed by atoms with Crippen LogP contribution in [0.3, 0.4) is 0 Å². The van der Waals surface area contributed by atoms with Gasteiger partial charge in [-0.25, -0.2) is 4.39 Å². The van der Waals surface area contributed by atoms with Crippen molar-refractivity contribution >= 4 is 55.4 Å². The summed E-state index contributed by atoms with van der Waals surface area (Å²) >= 11 is 6.32. The number of hydrogen-bond acceptors (Lipinski definition) is 9. The maximum absolute atomic E-state index is 13.1. The SMILES string of the molecule is CN(C)c1nc(N=NCc2cc(Br)c(O)c(Br)c2O)nc(Nc2ccc(F)cc2)n1. The van der Waals surface area contributed by atoms with Gasteiger partial charge in [0.2, 0.25) is 11.9 Å². The number of rotatable bonds is 6. The molecule has 0 saturated carbocycles.